The van der Waals surface area contributed by atoms with Gasteiger partial charge in [-0.15, -0.1) is 0 Å². The molecule has 8 nitrogen and oxygen atoms in total. The summed E-state index contributed by atoms with van der Waals surface area (Å²) in [6.45, 7) is 11.8. The van der Waals surface area contributed by atoms with E-state index in [9.17, 15) is 14.4 Å². The Morgan fingerprint density at radius 3 is 1.97 bits per heavy atom. The normalized spacial score (nSPS) is 17.3. The number of carbonyl (C=O) groups excluding carboxylic acids is 3. The summed E-state index contributed by atoms with van der Waals surface area (Å²) in [7, 11) is -2.06. The van der Waals surface area contributed by atoms with Crippen molar-refractivity contribution in [3.63, 3.8) is 0 Å². The molecule has 0 amide bonds. The molecule has 0 aliphatic carbocycles. The molecular formula is C30H39NO7Si. The highest BCUT2D eigenvalue weighted by atomic mass is 28.4. The number of hydrogen-bond donors (Lipinski definition) is 1. The Labute approximate surface area is 231 Å². The second-order valence-electron chi connectivity index (χ2n) is 10.6. The predicted molar refractivity (Wildman–Crippen MR) is 150 cm³/mol. The summed E-state index contributed by atoms with van der Waals surface area (Å²) in [6, 6.07) is 20.2. The van der Waals surface area contributed by atoms with Crippen molar-refractivity contribution in [2.75, 3.05) is 19.8 Å². The molecule has 0 radical (unpaired) electrons. The van der Waals surface area contributed by atoms with E-state index in [1.807, 2.05) is 36.4 Å². The van der Waals surface area contributed by atoms with Crippen LogP contribution in [-0.2, 0) is 38.6 Å². The van der Waals surface area contributed by atoms with E-state index in [0.29, 0.717) is 13.0 Å². The summed E-state index contributed by atoms with van der Waals surface area (Å²) < 4.78 is 22.7. The quantitative estimate of drug-likeness (QED) is 0.127. The maximum atomic E-state index is 12.6. The minimum atomic E-state index is -2.06. The van der Waals surface area contributed by atoms with E-state index in [1.165, 1.54) is 6.92 Å². The minimum absolute atomic E-state index is 0.0684. The van der Waals surface area contributed by atoms with Gasteiger partial charge in [0.15, 0.2) is 8.32 Å². The molecule has 0 unspecified atom stereocenters. The van der Waals surface area contributed by atoms with E-state index in [-0.39, 0.29) is 43.8 Å². The molecule has 1 aliphatic heterocycles. The maximum absolute atomic E-state index is 12.6. The lowest BCUT2D eigenvalue weighted by Crippen LogP contribution is -2.53. The molecular weight excluding hydrogens is 514 g/mol. The van der Waals surface area contributed by atoms with Gasteiger partial charge in [-0.2, -0.15) is 0 Å². The van der Waals surface area contributed by atoms with Crippen LogP contribution in [0.2, 0.25) is 19.6 Å². The van der Waals surface area contributed by atoms with Gasteiger partial charge in [-0.25, -0.2) is 4.79 Å². The number of carbonyl (C=O) groups is 3. The summed E-state index contributed by atoms with van der Waals surface area (Å²) in [5.74, 6) is -1.57. The average molecular weight is 554 g/mol. The highest BCUT2D eigenvalue weighted by Crippen LogP contribution is 2.42. The Kier molecular flexibility index (Phi) is 10.6. The molecule has 1 saturated heterocycles. The fourth-order valence-electron chi connectivity index (χ4n) is 4.65. The third-order valence-corrected chi connectivity index (χ3v) is 7.15. The van der Waals surface area contributed by atoms with Crippen LogP contribution in [0.3, 0.4) is 0 Å². The molecule has 0 aromatic heterocycles. The van der Waals surface area contributed by atoms with Crippen molar-refractivity contribution in [2.24, 2.45) is 0 Å². The predicted octanol–water partition coefficient (Wildman–Crippen LogP) is 4.50. The van der Waals surface area contributed by atoms with Crippen LogP contribution < -0.4 is 5.32 Å². The minimum Gasteiger partial charge on any atom is -0.462 e. The van der Waals surface area contributed by atoms with Crippen LogP contribution in [0.25, 0.3) is 0 Å². The van der Waals surface area contributed by atoms with Crippen molar-refractivity contribution >= 4 is 26.2 Å². The van der Waals surface area contributed by atoms with Crippen LogP contribution in [0, 0.1) is 0 Å². The molecule has 1 N–H and O–H groups in total. The number of esters is 3. The van der Waals surface area contributed by atoms with Crippen LogP contribution >= 0.6 is 0 Å². The zero-order chi connectivity index (χ0) is 28.5. The third kappa shape index (κ3) is 8.61. The maximum Gasteiger partial charge on any atom is 0.333 e. The van der Waals surface area contributed by atoms with Gasteiger partial charge in [0.2, 0.25) is 0 Å². The molecule has 3 rings (SSSR count). The van der Waals surface area contributed by atoms with E-state index in [0.717, 1.165) is 11.1 Å². The van der Waals surface area contributed by atoms with Gasteiger partial charge in [0.1, 0.15) is 24.9 Å². The molecule has 0 saturated carbocycles. The van der Waals surface area contributed by atoms with Crippen molar-refractivity contribution in [2.45, 2.75) is 63.6 Å². The second kappa shape index (κ2) is 13.7. The average Bonchev–Trinajstić information content (AvgIpc) is 3.37. The van der Waals surface area contributed by atoms with E-state index >= 15 is 0 Å². The monoisotopic (exact) mass is 553 g/mol. The van der Waals surface area contributed by atoms with Gasteiger partial charge in [-0.05, 0) is 37.7 Å². The summed E-state index contributed by atoms with van der Waals surface area (Å²) in [6.07, 6.45) is -0.0249. The lowest BCUT2D eigenvalue weighted by Gasteiger charge is -2.44. The van der Waals surface area contributed by atoms with Crippen molar-refractivity contribution < 1.29 is 33.0 Å². The number of ether oxygens (including phenoxy) is 3. The highest BCUT2D eigenvalue weighted by Gasteiger charge is 2.49. The lowest BCUT2D eigenvalue weighted by molar-refractivity contribution is -0.154. The first-order valence-corrected chi connectivity index (χ1v) is 16.6. The Morgan fingerprint density at radius 1 is 0.897 bits per heavy atom. The Balaban J connectivity index is 1.63. The van der Waals surface area contributed by atoms with Crippen LogP contribution in [-0.4, -0.2) is 58.1 Å². The van der Waals surface area contributed by atoms with Crippen LogP contribution in [0.1, 0.15) is 37.3 Å². The first-order valence-electron chi connectivity index (χ1n) is 13.2. The van der Waals surface area contributed by atoms with Crippen LogP contribution in [0.15, 0.2) is 72.8 Å². The number of nitrogens with one attached hydrogen (secondary N) is 1. The molecule has 1 heterocycles. The number of rotatable bonds is 13. The zero-order valence-electron chi connectivity index (χ0n) is 23.2. The van der Waals surface area contributed by atoms with Gasteiger partial charge in [-0.3, -0.25) is 9.59 Å². The molecule has 2 aromatic rings. The van der Waals surface area contributed by atoms with Crippen LogP contribution in [0.4, 0.5) is 0 Å². The molecule has 1 fully saturated rings. The van der Waals surface area contributed by atoms with Crippen LogP contribution in [0.5, 0.6) is 0 Å². The molecule has 210 valence electrons. The molecule has 0 spiro atoms. The highest BCUT2D eigenvalue weighted by molar-refractivity contribution is 6.69. The second-order valence-corrected chi connectivity index (χ2v) is 15.1. The molecule has 2 aromatic carbocycles. The lowest BCUT2D eigenvalue weighted by atomic mass is 9.79. The Bertz CT molecular complexity index is 1090. The van der Waals surface area contributed by atoms with Gasteiger partial charge >= 0.3 is 17.9 Å². The molecule has 2 atom stereocenters. The van der Waals surface area contributed by atoms with Gasteiger partial charge in [0.05, 0.1) is 12.8 Å². The molecule has 1 aliphatic rings. The summed E-state index contributed by atoms with van der Waals surface area (Å²) in [5.41, 5.74) is 1.59. The topological polar surface area (TPSA) is 100 Å². The van der Waals surface area contributed by atoms with E-state index in [1.54, 1.807) is 0 Å². The fourth-order valence-corrected chi connectivity index (χ4v) is 5.99. The van der Waals surface area contributed by atoms with E-state index in [4.69, 9.17) is 18.6 Å². The molecule has 0 bridgehead atoms. The number of benzene rings is 2. The summed E-state index contributed by atoms with van der Waals surface area (Å²) in [5, 5.41) is 3.57. The van der Waals surface area contributed by atoms with E-state index < -0.39 is 31.8 Å². The Morgan fingerprint density at radius 2 is 1.44 bits per heavy atom. The Hall–Kier alpha value is -3.27. The molecule has 9 heteroatoms. The SMILES string of the molecule is C=C(C)C(=O)OCCOC(=O)CCC(=O)O[C@H]1CN[C@H](C(O[Si](C)(C)C)(c2ccccc2)c2ccccc2)C1. The van der Waals surface area contributed by atoms with Gasteiger partial charge in [-0.1, -0.05) is 67.2 Å². The summed E-state index contributed by atoms with van der Waals surface area (Å²) >= 11 is 0. The van der Waals surface area contributed by atoms with Crippen molar-refractivity contribution in [3.8, 4) is 0 Å². The summed E-state index contributed by atoms with van der Waals surface area (Å²) in [4.78, 5) is 35.9. The first kappa shape index (κ1) is 30.3. The largest absolute Gasteiger partial charge is 0.462 e. The standard InChI is InChI=1S/C30H39NO7Si/c1-22(2)29(34)36-19-18-35-27(32)16-17-28(33)37-25-20-26(31-21-25)30(38-39(3,4)5,23-12-8-6-9-13-23)24-14-10-7-11-15-24/h6-15,25-26,31H,1,16-21H2,2-5H3/t25-,26+/m1/s1. The van der Waals surface area contributed by atoms with Gasteiger partial charge in [0, 0.05) is 24.6 Å². The van der Waals surface area contributed by atoms with Gasteiger partial charge < -0.3 is 24.0 Å². The van der Waals surface area contributed by atoms with Crippen molar-refractivity contribution in [1.29, 1.82) is 0 Å². The first-order chi connectivity index (χ1) is 18.5. The zero-order valence-corrected chi connectivity index (χ0v) is 24.2. The van der Waals surface area contributed by atoms with Crippen molar-refractivity contribution in [3.05, 3.63) is 83.9 Å². The van der Waals surface area contributed by atoms with Crippen molar-refractivity contribution in [1.82, 2.24) is 5.32 Å². The number of hydrogen-bond acceptors (Lipinski definition) is 8. The third-order valence-electron chi connectivity index (χ3n) is 6.21. The van der Waals surface area contributed by atoms with Gasteiger partial charge in [0.25, 0.3) is 0 Å². The molecule has 39 heavy (non-hydrogen) atoms. The fraction of sp³-hybridized carbons (Fsp3) is 0.433. The van der Waals surface area contributed by atoms with E-state index in [2.05, 4.69) is 55.8 Å². The smallest absolute Gasteiger partial charge is 0.333 e.